The SMILES string of the molecule is C[C@@H](Sc1nc(N)nc(N)n1)C(=O)Nc1ccc(F)cc1. The third-order valence-corrected chi connectivity index (χ3v) is 3.37. The molecule has 0 fully saturated rings. The number of halogens is 1. The Hall–Kier alpha value is -2.42. The van der Waals surface area contributed by atoms with E-state index in [4.69, 9.17) is 11.5 Å². The number of aromatic nitrogens is 3. The number of nitrogens with two attached hydrogens (primary N) is 2. The monoisotopic (exact) mass is 308 g/mol. The van der Waals surface area contributed by atoms with Gasteiger partial charge in [0.25, 0.3) is 0 Å². The standard InChI is InChI=1S/C12H13FN6OS/c1-6(21-12-18-10(14)17-11(15)19-12)9(20)16-8-4-2-7(13)3-5-8/h2-6H,1H3,(H,16,20)(H4,14,15,17,18,19)/t6-/m1/s1. The number of nitrogens with one attached hydrogen (secondary N) is 1. The highest BCUT2D eigenvalue weighted by atomic mass is 32.2. The number of amides is 1. The lowest BCUT2D eigenvalue weighted by Gasteiger charge is -2.11. The molecule has 9 heteroatoms. The number of benzene rings is 1. The molecule has 2 aromatic rings. The number of carbonyl (C=O) groups excluding carboxylic acids is 1. The highest BCUT2D eigenvalue weighted by molar-refractivity contribution is 8.00. The molecule has 0 radical (unpaired) electrons. The van der Waals surface area contributed by atoms with Crippen molar-refractivity contribution in [3.63, 3.8) is 0 Å². The van der Waals surface area contributed by atoms with Gasteiger partial charge in [0.2, 0.25) is 17.8 Å². The Balaban J connectivity index is 2.00. The predicted molar refractivity (Wildman–Crippen MR) is 79.0 cm³/mol. The van der Waals surface area contributed by atoms with Gasteiger partial charge in [0, 0.05) is 5.69 Å². The molecule has 0 aliphatic rings. The van der Waals surface area contributed by atoms with E-state index in [-0.39, 0.29) is 28.8 Å². The maximum Gasteiger partial charge on any atom is 0.237 e. The number of thioether (sulfide) groups is 1. The summed E-state index contributed by atoms with van der Waals surface area (Å²) < 4.78 is 12.8. The molecule has 0 spiro atoms. The van der Waals surface area contributed by atoms with Crippen LogP contribution in [0.2, 0.25) is 0 Å². The van der Waals surface area contributed by atoms with Gasteiger partial charge in [0.1, 0.15) is 5.82 Å². The maximum atomic E-state index is 12.8. The van der Waals surface area contributed by atoms with Crippen molar-refractivity contribution in [1.82, 2.24) is 15.0 Å². The zero-order valence-corrected chi connectivity index (χ0v) is 11.9. The van der Waals surface area contributed by atoms with Crippen LogP contribution in [0.5, 0.6) is 0 Å². The average molecular weight is 308 g/mol. The van der Waals surface area contributed by atoms with E-state index in [9.17, 15) is 9.18 Å². The molecule has 1 amide bonds. The number of carbonyl (C=O) groups is 1. The van der Waals surface area contributed by atoms with Crippen LogP contribution in [0.25, 0.3) is 0 Å². The van der Waals surface area contributed by atoms with Crippen molar-refractivity contribution in [2.45, 2.75) is 17.3 Å². The van der Waals surface area contributed by atoms with Crippen LogP contribution in [0, 0.1) is 5.82 Å². The second kappa shape index (κ2) is 6.35. The number of nitrogen functional groups attached to an aromatic ring is 2. The Bertz CT molecular complexity index is 630. The second-order valence-corrected chi connectivity index (χ2v) is 5.40. The van der Waals surface area contributed by atoms with Crippen molar-refractivity contribution in [3.8, 4) is 0 Å². The van der Waals surface area contributed by atoms with Gasteiger partial charge in [-0.2, -0.15) is 15.0 Å². The highest BCUT2D eigenvalue weighted by Crippen LogP contribution is 2.21. The first-order valence-corrected chi connectivity index (χ1v) is 6.82. The maximum absolute atomic E-state index is 12.8. The summed E-state index contributed by atoms with van der Waals surface area (Å²) in [4.78, 5) is 23.4. The van der Waals surface area contributed by atoms with Crippen LogP contribution in [0.3, 0.4) is 0 Å². The molecule has 0 bridgehead atoms. The molecular weight excluding hydrogens is 295 g/mol. The smallest absolute Gasteiger partial charge is 0.237 e. The summed E-state index contributed by atoms with van der Waals surface area (Å²) in [6.07, 6.45) is 0. The molecule has 7 nitrogen and oxygen atoms in total. The lowest BCUT2D eigenvalue weighted by atomic mass is 10.3. The normalized spacial score (nSPS) is 11.9. The van der Waals surface area contributed by atoms with Gasteiger partial charge in [-0.3, -0.25) is 4.79 Å². The zero-order valence-electron chi connectivity index (χ0n) is 11.1. The van der Waals surface area contributed by atoms with E-state index in [1.165, 1.54) is 24.3 Å². The van der Waals surface area contributed by atoms with Crippen molar-refractivity contribution in [2.75, 3.05) is 16.8 Å². The molecule has 2 rings (SSSR count). The number of hydrogen-bond donors (Lipinski definition) is 3. The molecule has 1 atom stereocenters. The number of nitrogens with zero attached hydrogens (tertiary/aromatic N) is 3. The van der Waals surface area contributed by atoms with E-state index < -0.39 is 5.25 Å². The van der Waals surface area contributed by atoms with Crippen LogP contribution in [-0.4, -0.2) is 26.1 Å². The molecule has 0 unspecified atom stereocenters. The highest BCUT2D eigenvalue weighted by Gasteiger charge is 2.17. The lowest BCUT2D eigenvalue weighted by molar-refractivity contribution is -0.115. The Labute approximate surface area is 124 Å². The van der Waals surface area contributed by atoms with Crippen LogP contribution in [0.15, 0.2) is 29.4 Å². The van der Waals surface area contributed by atoms with E-state index >= 15 is 0 Å². The van der Waals surface area contributed by atoms with Gasteiger partial charge in [0.05, 0.1) is 5.25 Å². The minimum Gasteiger partial charge on any atom is -0.368 e. The van der Waals surface area contributed by atoms with Gasteiger partial charge in [-0.15, -0.1) is 0 Å². The van der Waals surface area contributed by atoms with E-state index in [1.54, 1.807) is 6.92 Å². The molecule has 0 aliphatic heterocycles. The molecule has 0 saturated carbocycles. The van der Waals surface area contributed by atoms with Crippen molar-refractivity contribution >= 4 is 35.3 Å². The summed E-state index contributed by atoms with van der Waals surface area (Å²) >= 11 is 1.09. The summed E-state index contributed by atoms with van der Waals surface area (Å²) in [5.74, 6) is -0.650. The van der Waals surface area contributed by atoms with Crippen LogP contribution in [-0.2, 0) is 4.79 Å². The van der Waals surface area contributed by atoms with Gasteiger partial charge < -0.3 is 16.8 Å². The lowest BCUT2D eigenvalue weighted by Crippen LogP contribution is -2.22. The molecular formula is C12H13FN6OS. The summed E-state index contributed by atoms with van der Waals surface area (Å²) in [5, 5.41) is 2.43. The fourth-order valence-corrected chi connectivity index (χ4v) is 2.20. The quantitative estimate of drug-likeness (QED) is 0.728. The van der Waals surface area contributed by atoms with Crippen LogP contribution in [0.1, 0.15) is 6.92 Å². The summed E-state index contributed by atoms with van der Waals surface area (Å²) in [6.45, 7) is 1.68. The van der Waals surface area contributed by atoms with Gasteiger partial charge >= 0.3 is 0 Å². The molecule has 1 aromatic heterocycles. The molecule has 1 aromatic carbocycles. The van der Waals surface area contributed by atoms with E-state index in [0.717, 1.165) is 11.8 Å². The Morgan fingerprint density at radius 3 is 2.33 bits per heavy atom. The predicted octanol–water partition coefficient (Wildman–Crippen LogP) is 1.29. The summed E-state index contributed by atoms with van der Waals surface area (Å²) in [6, 6.07) is 5.48. The van der Waals surface area contributed by atoms with Gasteiger partial charge in [-0.05, 0) is 31.2 Å². The zero-order chi connectivity index (χ0) is 15.4. The van der Waals surface area contributed by atoms with Crippen LogP contribution in [0.4, 0.5) is 22.0 Å². The molecule has 0 saturated heterocycles. The molecule has 110 valence electrons. The van der Waals surface area contributed by atoms with Crippen molar-refractivity contribution < 1.29 is 9.18 Å². The summed E-state index contributed by atoms with van der Waals surface area (Å²) in [5.41, 5.74) is 11.4. The van der Waals surface area contributed by atoms with E-state index in [2.05, 4.69) is 20.3 Å². The van der Waals surface area contributed by atoms with Crippen molar-refractivity contribution in [3.05, 3.63) is 30.1 Å². The first kappa shape index (κ1) is 15.0. The third kappa shape index (κ3) is 4.28. The van der Waals surface area contributed by atoms with Gasteiger partial charge in [-0.1, -0.05) is 11.8 Å². The largest absolute Gasteiger partial charge is 0.368 e. The number of rotatable bonds is 4. The van der Waals surface area contributed by atoms with Gasteiger partial charge in [0.15, 0.2) is 5.16 Å². The third-order valence-electron chi connectivity index (χ3n) is 2.41. The summed E-state index contributed by atoms with van der Waals surface area (Å²) in [7, 11) is 0. The second-order valence-electron chi connectivity index (χ2n) is 4.09. The molecule has 1 heterocycles. The van der Waals surface area contributed by atoms with Crippen molar-refractivity contribution in [2.24, 2.45) is 0 Å². The minimum atomic E-state index is -0.490. The number of hydrogen-bond acceptors (Lipinski definition) is 7. The molecule has 21 heavy (non-hydrogen) atoms. The van der Waals surface area contributed by atoms with Crippen molar-refractivity contribution in [1.29, 1.82) is 0 Å². The fraction of sp³-hybridized carbons (Fsp3) is 0.167. The fourth-order valence-electron chi connectivity index (χ4n) is 1.43. The number of anilines is 3. The van der Waals surface area contributed by atoms with Crippen LogP contribution < -0.4 is 16.8 Å². The Morgan fingerprint density at radius 2 is 1.76 bits per heavy atom. The average Bonchev–Trinajstić information content (AvgIpc) is 2.40. The van der Waals surface area contributed by atoms with E-state index in [0.29, 0.717) is 5.69 Å². The minimum absolute atomic E-state index is 0.00357. The first-order chi connectivity index (χ1) is 9.94. The van der Waals surface area contributed by atoms with E-state index in [1.807, 2.05) is 0 Å². The topological polar surface area (TPSA) is 120 Å². The first-order valence-electron chi connectivity index (χ1n) is 5.94. The van der Waals surface area contributed by atoms with Gasteiger partial charge in [-0.25, -0.2) is 4.39 Å². The Morgan fingerprint density at radius 1 is 1.19 bits per heavy atom. The Kier molecular flexibility index (Phi) is 4.53. The molecule has 5 N–H and O–H groups in total. The molecule has 0 aliphatic carbocycles. The van der Waals surface area contributed by atoms with Crippen LogP contribution >= 0.6 is 11.8 Å².